The molecule has 0 aliphatic rings. The van der Waals surface area contributed by atoms with Crippen molar-refractivity contribution in [3.05, 3.63) is 89.1 Å². The minimum absolute atomic E-state index is 0.230. The second-order valence-electron chi connectivity index (χ2n) is 6.54. The van der Waals surface area contributed by atoms with Crippen LogP contribution in [0.25, 0.3) is 21.7 Å². The van der Waals surface area contributed by atoms with E-state index in [-0.39, 0.29) is 24.9 Å². The van der Waals surface area contributed by atoms with Gasteiger partial charge in [-0.2, -0.15) is 0 Å². The quantitative estimate of drug-likeness (QED) is 0.387. The van der Waals surface area contributed by atoms with E-state index in [0.29, 0.717) is 21.7 Å². The molecule has 0 radical (unpaired) electrons. The summed E-state index contributed by atoms with van der Waals surface area (Å²) in [4.78, 5) is 29.4. The zero-order valence-corrected chi connectivity index (χ0v) is 16.2. The molecule has 29 heavy (non-hydrogen) atoms. The number of benzene rings is 3. The second-order valence-corrected chi connectivity index (χ2v) is 6.94. The summed E-state index contributed by atoms with van der Waals surface area (Å²) in [7, 11) is 0. The van der Waals surface area contributed by atoms with Crippen molar-refractivity contribution in [2.45, 2.75) is 0 Å². The van der Waals surface area contributed by atoms with Crippen molar-refractivity contribution in [3.8, 4) is 0 Å². The van der Waals surface area contributed by atoms with Crippen LogP contribution in [0.15, 0.2) is 72.9 Å². The fourth-order valence-electron chi connectivity index (χ4n) is 3.29. The first-order valence-electron chi connectivity index (χ1n) is 9.22. The van der Waals surface area contributed by atoms with E-state index in [1.165, 1.54) is 0 Å². The van der Waals surface area contributed by atoms with Crippen LogP contribution in [-0.2, 0) is 0 Å². The van der Waals surface area contributed by atoms with Gasteiger partial charge in [0.05, 0.1) is 21.7 Å². The van der Waals surface area contributed by atoms with Crippen LogP contribution >= 0.6 is 11.6 Å². The number of nitrogens with one attached hydrogen (secondary N) is 2. The standard InChI is InChI=1S/C23H18ClN3O2/c24-20-10-4-3-8-18(20)22(28)26-12-13-27-23(29)19-14-15-6-1-2-7-16(15)17-9-5-11-25-21(17)19/h1-11,14H,12-13H2,(H,26,28)(H,27,29). The van der Waals surface area contributed by atoms with Gasteiger partial charge in [0.15, 0.2) is 0 Å². The van der Waals surface area contributed by atoms with E-state index in [9.17, 15) is 9.59 Å². The molecule has 0 saturated heterocycles. The van der Waals surface area contributed by atoms with Gasteiger partial charge < -0.3 is 10.6 Å². The molecular weight excluding hydrogens is 386 g/mol. The zero-order chi connectivity index (χ0) is 20.2. The Kier molecular flexibility index (Phi) is 5.40. The molecule has 4 aromatic rings. The van der Waals surface area contributed by atoms with Crippen molar-refractivity contribution in [2.75, 3.05) is 13.1 Å². The molecule has 2 N–H and O–H groups in total. The van der Waals surface area contributed by atoms with Gasteiger partial charge in [-0.1, -0.05) is 54.1 Å². The van der Waals surface area contributed by atoms with E-state index < -0.39 is 0 Å². The molecule has 5 nitrogen and oxygen atoms in total. The highest BCUT2D eigenvalue weighted by atomic mass is 35.5. The average Bonchev–Trinajstić information content (AvgIpc) is 2.76. The average molecular weight is 404 g/mol. The lowest BCUT2D eigenvalue weighted by Crippen LogP contribution is -2.34. The molecule has 144 valence electrons. The van der Waals surface area contributed by atoms with E-state index in [2.05, 4.69) is 15.6 Å². The highest BCUT2D eigenvalue weighted by Crippen LogP contribution is 2.27. The first-order valence-corrected chi connectivity index (χ1v) is 9.60. The first kappa shape index (κ1) is 18.9. The van der Waals surface area contributed by atoms with Crippen LogP contribution in [0.4, 0.5) is 0 Å². The summed E-state index contributed by atoms with van der Waals surface area (Å²) in [5.74, 6) is -0.505. The van der Waals surface area contributed by atoms with Gasteiger partial charge in [0.1, 0.15) is 0 Å². The molecule has 0 saturated carbocycles. The van der Waals surface area contributed by atoms with Crippen LogP contribution in [0.1, 0.15) is 20.7 Å². The van der Waals surface area contributed by atoms with Crippen LogP contribution in [0, 0.1) is 0 Å². The Balaban J connectivity index is 1.47. The minimum atomic E-state index is -0.275. The van der Waals surface area contributed by atoms with E-state index >= 15 is 0 Å². The first-order chi connectivity index (χ1) is 14.1. The third-order valence-electron chi connectivity index (χ3n) is 4.67. The lowest BCUT2D eigenvalue weighted by Gasteiger charge is -2.11. The molecule has 0 atom stereocenters. The smallest absolute Gasteiger partial charge is 0.253 e. The van der Waals surface area contributed by atoms with Crippen molar-refractivity contribution >= 4 is 45.1 Å². The maximum Gasteiger partial charge on any atom is 0.253 e. The van der Waals surface area contributed by atoms with Crippen molar-refractivity contribution in [2.24, 2.45) is 0 Å². The third-order valence-corrected chi connectivity index (χ3v) is 5.00. The molecule has 4 rings (SSSR count). The number of fused-ring (bicyclic) bond motifs is 3. The molecule has 0 aliphatic heterocycles. The lowest BCUT2D eigenvalue weighted by atomic mass is 10.0. The Morgan fingerprint density at radius 2 is 1.45 bits per heavy atom. The fraction of sp³-hybridized carbons (Fsp3) is 0.0870. The number of hydrogen-bond acceptors (Lipinski definition) is 3. The van der Waals surface area contributed by atoms with Gasteiger partial charge in [-0.3, -0.25) is 14.6 Å². The number of carbonyl (C=O) groups is 2. The fourth-order valence-corrected chi connectivity index (χ4v) is 3.51. The topological polar surface area (TPSA) is 71.1 Å². The Bertz CT molecular complexity index is 1220. The van der Waals surface area contributed by atoms with Gasteiger partial charge in [-0.15, -0.1) is 0 Å². The molecule has 1 heterocycles. The Morgan fingerprint density at radius 3 is 2.24 bits per heavy atom. The summed E-state index contributed by atoms with van der Waals surface area (Å²) < 4.78 is 0. The zero-order valence-electron chi connectivity index (χ0n) is 15.5. The van der Waals surface area contributed by atoms with E-state index in [0.717, 1.165) is 16.2 Å². The van der Waals surface area contributed by atoms with E-state index in [4.69, 9.17) is 11.6 Å². The highest BCUT2D eigenvalue weighted by molar-refractivity contribution is 6.33. The predicted molar refractivity (Wildman–Crippen MR) is 115 cm³/mol. The number of pyridine rings is 1. The van der Waals surface area contributed by atoms with Crippen LogP contribution in [-0.4, -0.2) is 29.9 Å². The van der Waals surface area contributed by atoms with Gasteiger partial charge in [0.2, 0.25) is 0 Å². The second kappa shape index (κ2) is 8.29. The largest absolute Gasteiger partial charge is 0.350 e. The molecule has 0 fully saturated rings. The molecule has 0 spiro atoms. The molecule has 1 aromatic heterocycles. The summed E-state index contributed by atoms with van der Waals surface area (Å²) in [5, 5.41) is 8.97. The molecule has 3 aromatic carbocycles. The SMILES string of the molecule is O=C(NCCNC(=O)c1cc2ccccc2c2cccnc12)c1ccccc1Cl. The van der Waals surface area contributed by atoms with Gasteiger partial charge in [-0.05, 0) is 35.0 Å². The Labute approximate surface area is 172 Å². The summed E-state index contributed by atoms with van der Waals surface area (Å²) in [6.45, 7) is 0.574. The maximum absolute atomic E-state index is 12.8. The Morgan fingerprint density at radius 1 is 0.793 bits per heavy atom. The van der Waals surface area contributed by atoms with Crippen molar-refractivity contribution in [1.82, 2.24) is 15.6 Å². The molecule has 6 heteroatoms. The number of amides is 2. The molecule has 0 aliphatic carbocycles. The van der Waals surface area contributed by atoms with Gasteiger partial charge in [0, 0.05) is 24.7 Å². The summed E-state index contributed by atoms with van der Waals surface area (Å²) >= 11 is 6.03. The molecular formula is C23H18ClN3O2. The number of rotatable bonds is 5. The normalized spacial score (nSPS) is 10.8. The summed E-state index contributed by atoms with van der Waals surface area (Å²) in [6, 6.07) is 20.4. The molecule has 0 unspecified atom stereocenters. The van der Waals surface area contributed by atoms with Crippen LogP contribution < -0.4 is 10.6 Å². The Hall–Kier alpha value is -3.44. The molecule has 0 bridgehead atoms. The van der Waals surface area contributed by atoms with Crippen molar-refractivity contribution < 1.29 is 9.59 Å². The number of nitrogens with zero attached hydrogens (tertiary/aromatic N) is 1. The van der Waals surface area contributed by atoms with Crippen LogP contribution in [0.3, 0.4) is 0 Å². The molecule has 2 amide bonds. The van der Waals surface area contributed by atoms with E-state index in [1.807, 2.05) is 42.5 Å². The maximum atomic E-state index is 12.8. The van der Waals surface area contributed by atoms with Gasteiger partial charge in [0.25, 0.3) is 11.8 Å². The predicted octanol–water partition coefficient (Wildman–Crippen LogP) is 4.20. The number of hydrogen-bond donors (Lipinski definition) is 2. The summed E-state index contributed by atoms with van der Waals surface area (Å²) in [5.41, 5.74) is 1.57. The van der Waals surface area contributed by atoms with Gasteiger partial charge in [-0.25, -0.2) is 0 Å². The summed E-state index contributed by atoms with van der Waals surface area (Å²) in [6.07, 6.45) is 1.68. The monoisotopic (exact) mass is 403 g/mol. The minimum Gasteiger partial charge on any atom is -0.350 e. The number of halogens is 1. The van der Waals surface area contributed by atoms with E-state index in [1.54, 1.807) is 30.5 Å². The van der Waals surface area contributed by atoms with Crippen molar-refractivity contribution in [3.63, 3.8) is 0 Å². The van der Waals surface area contributed by atoms with Crippen molar-refractivity contribution in [1.29, 1.82) is 0 Å². The lowest BCUT2D eigenvalue weighted by molar-refractivity contribution is 0.0928. The highest BCUT2D eigenvalue weighted by Gasteiger charge is 2.14. The van der Waals surface area contributed by atoms with Crippen LogP contribution in [0.5, 0.6) is 0 Å². The number of aromatic nitrogens is 1. The van der Waals surface area contributed by atoms with Crippen LogP contribution in [0.2, 0.25) is 5.02 Å². The number of carbonyl (C=O) groups excluding carboxylic acids is 2. The van der Waals surface area contributed by atoms with Gasteiger partial charge >= 0.3 is 0 Å². The third kappa shape index (κ3) is 3.91.